The zero-order valence-corrected chi connectivity index (χ0v) is 12.5. The average molecular weight is 268 g/mol. The Morgan fingerprint density at radius 2 is 2.00 bits per heavy atom. The Hall–Kier alpha value is -1.54. The fraction of sp³-hybridized carbons (Fsp3) is 0.444. The highest BCUT2D eigenvalue weighted by molar-refractivity contribution is 5.32. The number of rotatable bonds is 2. The number of hydrogen-bond acceptors (Lipinski definition) is 1. The molecule has 1 aliphatic rings. The zero-order valence-electron chi connectivity index (χ0n) is 12.5. The van der Waals surface area contributed by atoms with Gasteiger partial charge in [0, 0.05) is 25.0 Å². The van der Waals surface area contributed by atoms with Gasteiger partial charge in [-0.3, -0.25) is 0 Å². The van der Waals surface area contributed by atoms with Gasteiger partial charge in [0.25, 0.3) is 0 Å². The molecule has 1 atom stereocenters. The standard InChI is InChI=1S/C18H24N2/c1-13-7-8-15(9-14(13)2)10-20-11-16-5-3-4-6-18(19)17(16)12-20/h7-9,11-12,18H,3-6,10,19H2,1-2H3. The Kier molecular flexibility index (Phi) is 3.66. The normalized spacial score (nSPS) is 18.6. The van der Waals surface area contributed by atoms with E-state index in [1.54, 1.807) is 0 Å². The van der Waals surface area contributed by atoms with Gasteiger partial charge in [-0.15, -0.1) is 0 Å². The first-order valence-electron chi connectivity index (χ1n) is 7.64. The van der Waals surface area contributed by atoms with Crippen molar-refractivity contribution < 1.29 is 0 Å². The van der Waals surface area contributed by atoms with Crippen molar-refractivity contribution in [2.75, 3.05) is 0 Å². The van der Waals surface area contributed by atoms with Crippen molar-refractivity contribution in [3.8, 4) is 0 Å². The Morgan fingerprint density at radius 1 is 1.15 bits per heavy atom. The Labute approximate surface area is 121 Å². The fourth-order valence-electron chi connectivity index (χ4n) is 3.16. The molecule has 0 radical (unpaired) electrons. The van der Waals surface area contributed by atoms with Crippen LogP contribution in [0.2, 0.25) is 0 Å². The van der Waals surface area contributed by atoms with Crippen molar-refractivity contribution >= 4 is 0 Å². The van der Waals surface area contributed by atoms with Gasteiger partial charge < -0.3 is 10.3 Å². The van der Waals surface area contributed by atoms with Crippen LogP contribution >= 0.6 is 0 Å². The first-order valence-corrected chi connectivity index (χ1v) is 7.64. The third-order valence-electron chi connectivity index (χ3n) is 4.54. The number of hydrogen-bond donors (Lipinski definition) is 1. The van der Waals surface area contributed by atoms with Gasteiger partial charge >= 0.3 is 0 Å². The van der Waals surface area contributed by atoms with Gasteiger partial charge in [0.05, 0.1) is 0 Å². The number of benzene rings is 1. The topological polar surface area (TPSA) is 30.9 Å². The lowest BCUT2D eigenvalue weighted by molar-refractivity contribution is 0.610. The molecule has 0 bridgehead atoms. The molecule has 0 spiro atoms. The van der Waals surface area contributed by atoms with Crippen LogP contribution in [0.5, 0.6) is 0 Å². The van der Waals surface area contributed by atoms with Crippen LogP contribution in [0.3, 0.4) is 0 Å². The summed E-state index contributed by atoms with van der Waals surface area (Å²) in [6, 6.07) is 6.97. The van der Waals surface area contributed by atoms with E-state index in [-0.39, 0.29) is 6.04 Å². The number of aryl methyl sites for hydroxylation is 3. The van der Waals surface area contributed by atoms with Crippen molar-refractivity contribution in [2.24, 2.45) is 5.73 Å². The van der Waals surface area contributed by atoms with E-state index in [0.717, 1.165) is 13.0 Å². The van der Waals surface area contributed by atoms with Crippen LogP contribution in [0.15, 0.2) is 30.6 Å². The maximum Gasteiger partial charge on any atom is 0.0470 e. The van der Waals surface area contributed by atoms with Crippen molar-refractivity contribution in [2.45, 2.75) is 52.1 Å². The fourth-order valence-corrected chi connectivity index (χ4v) is 3.16. The molecule has 106 valence electrons. The highest BCUT2D eigenvalue weighted by atomic mass is 14.9. The number of fused-ring (bicyclic) bond motifs is 1. The second-order valence-corrected chi connectivity index (χ2v) is 6.18. The summed E-state index contributed by atoms with van der Waals surface area (Å²) < 4.78 is 2.31. The summed E-state index contributed by atoms with van der Waals surface area (Å²) in [6.07, 6.45) is 9.40. The van der Waals surface area contributed by atoms with Crippen LogP contribution in [0.25, 0.3) is 0 Å². The number of nitrogens with two attached hydrogens (primary N) is 1. The largest absolute Gasteiger partial charge is 0.349 e. The molecule has 1 heterocycles. The van der Waals surface area contributed by atoms with Crippen molar-refractivity contribution in [3.63, 3.8) is 0 Å². The predicted octanol–water partition coefficient (Wildman–Crippen LogP) is 3.88. The van der Waals surface area contributed by atoms with Gasteiger partial charge in [0.2, 0.25) is 0 Å². The van der Waals surface area contributed by atoms with E-state index in [4.69, 9.17) is 5.73 Å². The Morgan fingerprint density at radius 3 is 2.80 bits per heavy atom. The third kappa shape index (κ3) is 2.66. The highest BCUT2D eigenvalue weighted by Gasteiger charge is 2.17. The Balaban J connectivity index is 1.84. The minimum Gasteiger partial charge on any atom is -0.349 e. The van der Waals surface area contributed by atoms with Gasteiger partial charge in [-0.05, 0) is 60.9 Å². The van der Waals surface area contributed by atoms with E-state index < -0.39 is 0 Å². The number of aromatic nitrogens is 1. The summed E-state index contributed by atoms with van der Waals surface area (Å²) in [5, 5.41) is 0. The number of nitrogens with zero attached hydrogens (tertiary/aromatic N) is 1. The van der Waals surface area contributed by atoms with Crippen LogP contribution < -0.4 is 5.73 Å². The first-order chi connectivity index (χ1) is 9.63. The summed E-state index contributed by atoms with van der Waals surface area (Å²) in [4.78, 5) is 0. The molecular formula is C18H24N2. The molecule has 1 aliphatic carbocycles. The lowest BCUT2D eigenvalue weighted by Crippen LogP contribution is -2.09. The molecule has 2 N–H and O–H groups in total. The maximum atomic E-state index is 6.28. The molecule has 1 aromatic heterocycles. The van der Waals surface area contributed by atoms with Crippen molar-refractivity contribution in [1.82, 2.24) is 4.57 Å². The lowest BCUT2D eigenvalue weighted by atomic mass is 10.1. The predicted molar refractivity (Wildman–Crippen MR) is 83.9 cm³/mol. The highest BCUT2D eigenvalue weighted by Crippen LogP contribution is 2.28. The molecular weight excluding hydrogens is 244 g/mol. The van der Waals surface area contributed by atoms with Gasteiger partial charge in [0.1, 0.15) is 0 Å². The lowest BCUT2D eigenvalue weighted by Gasteiger charge is -2.08. The van der Waals surface area contributed by atoms with Crippen molar-refractivity contribution in [3.05, 3.63) is 58.4 Å². The second kappa shape index (κ2) is 5.45. The van der Waals surface area contributed by atoms with Gasteiger partial charge in [-0.2, -0.15) is 0 Å². The smallest absolute Gasteiger partial charge is 0.0470 e. The minimum absolute atomic E-state index is 0.230. The average Bonchev–Trinajstić information content (AvgIpc) is 2.74. The minimum atomic E-state index is 0.230. The van der Waals surface area contributed by atoms with Crippen LogP contribution in [-0.2, 0) is 13.0 Å². The van der Waals surface area contributed by atoms with E-state index in [9.17, 15) is 0 Å². The summed E-state index contributed by atoms with van der Waals surface area (Å²) in [6.45, 7) is 5.29. The summed E-state index contributed by atoms with van der Waals surface area (Å²) >= 11 is 0. The zero-order chi connectivity index (χ0) is 14.1. The molecule has 1 unspecified atom stereocenters. The monoisotopic (exact) mass is 268 g/mol. The molecule has 1 aromatic carbocycles. The molecule has 0 amide bonds. The third-order valence-corrected chi connectivity index (χ3v) is 4.54. The van der Waals surface area contributed by atoms with E-state index in [2.05, 4.69) is 49.0 Å². The summed E-state index contributed by atoms with van der Waals surface area (Å²) in [5.74, 6) is 0. The van der Waals surface area contributed by atoms with Crippen LogP contribution in [0.4, 0.5) is 0 Å². The molecule has 0 fully saturated rings. The molecule has 0 aliphatic heterocycles. The molecule has 0 saturated carbocycles. The summed E-state index contributed by atoms with van der Waals surface area (Å²) in [5.41, 5.74) is 13.2. The van der Waals surface area contributed by atoms with E-state index >= 15 is 0 Å². The molecule has 2 nitrogen and oxygen atoms in total. The van der Waals surface area contributed by atoms with E-state index in [0.29, 0.717) is 0 Å². The van der Waals surface area contributed by atoms with Gasteiger partial charge in [0.15, 0.2) is 0 Å². The molecule has 3 rings (SSSR count). The van der Waals surface area contributed by atoms with E-state index in [1.165, 1.54) is 47.1 Å². The molecule has 20 heavy (non-hydrogen) atoms. The Bertz CT molecular complexity index is 610. The second-order valence-electron chi connectivity index (χ2n) is 6.18. The maximum absolute atomic E-state index is 6.28. The molecule has 2 heteroatoms. The molecule has 2 aromatic rings. The quantitative estimate of drug-likeness (QED) is 0.823. The SMILES string of the molecule is Cc1ccc(Cn2cc3c(c2)C(N)CCCC3)cc1C. The summed E-state index contributed by atoms with van der Waals surface area (Å²) in [7, 11) is 0. The van der Waals surface area contributed by atoms with E-state index in [1.807, 2.05) is 0 Å². The van der Waals surface area contributed by atoms with Crippen molar-refractivity contribution in [1.29, 1.82) is 0 Å². The van der Waals surface area contributed by atoms with Crippen LogP contribution in [0.1, 0.15) is 53.1 Å². The van der Waals surface area contributed by atoms with Gasteiger partial charge in [-0.25, -0.2) is 0 Å². The van der Waals surface area contributed by atoms with Crippen LogP contribution in [-0.4, -0.2) is 4.57 Å². The molecule has 0 saturated heterocycles. The first kappa shape index (κ1) is 13.4. The van der Waals surface area contributed by atoms with Crippen LogP contribution in [0, 0.1) is 13.8 Å². The van der Waals surface area contributed by atoms with Gasteiger partial charge in [-0.1, -0.05) is 24.6 Å².